The lowest BCUT2D eigenvalue weighted by Gasteiger charge is -2.18. The van der Waals surface area contributed by atoms with Gasteiger partial charge < -0.3 is 15.2 Å². The van der Waals surface area contributed by atoms with Gasteiger partial charge in [0.1, 0.15) is 0 Å². The van der Waals surface area contributed by atoms with E-state index in [-0.39, 0.29) is 6.04 Å². The van der Waals surface area contributed by atoms with Crippen molar-refractivity contribution in [2.75, 3.05) is 20.1 Å². The van der Waals surface area contributed by atoms with Gasteiger partial charge in [0.2, 0.25) is 0 Å². The SMILES string of the molecule is CC[C@@H](N)c1cncn1C1CCN(C)C1. The number of nitrogens with two attached hydrogens (primary N) is 1. The van der Waals surface area contributed by atoms with Crippen LogP contribution in [0.5, 0.6) is 0 Å². The number of nitrogens with zero attached hydrogens (tertiary/aromatic N) is 3. The van der Waals surface area contributed by atoms with Crippen LogP contribution in [0.1, 0.15) is 37.5 Å². The van der Waals surface area contributed by atoms with Gasteiger partial charge >= 0.3 is 0 Å². The molecule has 2 rings (SSSR count). The maximum atomic E-state index is 6.07. The standard InChI is InChI=1S/C11H20N4/c1-3-10(12)11-6-13-8-15(11)9-4-5-14(2)7-9/h6,8-10H,3-5,7,12H2,1-2H3/t9?,10-/m1/s1. The third-order valence-corrected chi connectivity index (χ3v) is 3.28. The predicted octanol–water partition coefficient (Wildman–Crippen LogP) is 1.17. The van der Waals surface area contributed by atoms with Crippen LogP contribution in [0.15, 0.2) is 12.5 Å². The summed E-state index contributed by atoms with van der Waals surface area (Å²) in [4.78, 5) is 6.58. The minimum atomic E-state index is 0.124. The first-order valence-electron chi connectivity index (χ1n) is 5.68. The molecular weight excluding hydrogens is 188 g/mol. The van der Waals surface area contributed by atoms with Gasteiger partial charge in [-0.05, 0) is 26.4 Å². The van der Waals surface area contributed by atoms with E-state index in [9.17, 15) is 0 Å². The monoisotopic (exact) mass is 208 g/mol. The highest BCUT2D eigenvalue weighted by Gasteiger charge is 2.23. The molecule has 0 saturated carbocycles. The van der Waals surface area contributed by atoms with Gasteiger partial charge in [0.15, 0.2) is 0 Å². The lowest BCUT2D eigenvalue weighted by Crippen LogP contribution is -2.20. The van der Waals surface area contributed by atoms with Crippen LogP contribution < -0.4 is 5.73 Å². The quantitative estimate of drug-likeness (QED) is 0.811. The Morgan fingerprint density at radius 3 is 3.07 bits per heavy atom. The molecular formula is C11H20N4. The fourth-order valence-corrected chi connectivity index (χ4v) is 2.26. The van der Waals surface area contributed by atoms with Crippen molar-refractivity contribution in [1.29, 1.82) is 0 Å². The van der Waals surface area contributed by atoms with Crippen molar-refractivity contribution in [3.05, 3.63) is 18.2 Å². The highest BCUT2D eigenvalue weighted by molar-refractivity contribution is 5.06. The molecule has 0 amide bonds. The van der Waals surface area contributed by atoms with Gasteiger partial charge in [-0.2, -0.15) is 0 Å². The first-order chi connectivity index (χ1) is 7.22. The van der Waals surface area contributed by atoms with E-state index < -0.39 is 0 Å². The zero-order valence-electron chi connectivity index (χ0n) is 9.56. The fraction of sp³-hybridized carbons (Fsp3) is 0.727. The van der Waals surface area contributed by atoms with E-state index in [2.05, 4.69) is 28.4 Å². The maximum Gasteiger partial charge on any atom is 0.0951 e. The summed E-state index contributed by atoms with van der Waals surface area (Å²) in [6.07, 6.45) is 6.01. The lowest BCUT2D eigenvalue weighted by atomic mass is 10.1. The first-order valence-corrected chi connectivity index (χ1v) is 5.68. The van der Waals surface area contributed by atoms with Crippen LogP contribution in [0.3, 0.4) is 0 Å². The molecule has 1 aliphatic rings. The molecule has 0 aliphatic carbocycles. The highest BCUT2D eigenvalue weighted by Crippen LogP contribution is 2.24. The molecule has 1 unspecified atom stereocenters. The van der Waals surface area contributed by atoms with Crippen molar-refractivity contribution in [2.45, 2.75) is 31.8 Å². The highest BCUT2D eigenvalue weighted by atomic mass is 15.2. The second-order valence-electron chi connectivity index (χ2n) is 4.45. The van der Waals surface area contributed by atoms with Crippen molar-refractivity contribution in [3.8, 4) is 0 Å². The van der Waals surface area contributed by atoms with Crippen LogP contribution >= 0.6 is 0 Å². The smallest absolute Gasteiger partial charge is 0.0951 e. The first kappa shape index (κ1) is 10.6. The molecule has 1 saturated heterocycles. The molecule has 4 heteroatoms. The molecule has 84 valence electrons. The molecule has 1 aromatic heterocycles. The molecule has 15 heavy (non-hydrogen) atoms. The molecule has 1 aliphatic heterocycles. The van der Waals surface area contributed by atoms with E-state index in [1.165, 1.54) is 18.7 Å². The van der Waals surface area contributed by atoms with E-state index in [0.717, 1.165) is 13.0 Å². The van der Waals surface area contributed by atoms with E-state index in [0.29, 0.717) is 6.04 Å². The molecule has 2 N–H and O–H groups in total. The maximum absolute atomic E-state index is 6.07. The number of hydrogen-bond donors (Lipinski definition) is 1. The molecule has 0 aromatic carbocycles. The molecule has 2 heterocycles. The zero-order valence-corrected chi connectivity index (χ0v) is 9.56. The Hall–Kier alpha value is -0.870. The van der Waals surface area contributed by atoms with Crippen molar-refractivity contribution in [1.82, 2.24) is 14.5 Å². The van der Waals surface area contributed by atoms with E-state index >= 15 is 0 Å². The minimum absolute atomic E-state index is 0.124. The predicted molar refractivity (Wildman–Crippen MR) is 60.6 cm³/mol. The summed E-state index contributed by atoms with van der Waals surface area (Å²) in [5.74, 6) is 0. The summed E-state index contributed by atoms with van der Waals surface area (Å²) < 4.78 is 2.26. The van der Waals surface area contributed by atoms with Gasteiger partial charge in [-0.25, -0.2) is 4.98 Å². The number of aromatic nitrogens is 2. The van der Waals surface area contributed by atoms with Crippen LogP contribution in [-0.4, -0.2) is 34.6 Å². The average Bonchev–Trinajstić information content (AvgIpc) is 2.84. The molecule has 2 atom stereocenters. The molecule has 1 fully saturated rings. The summed E-state index contributed by atoms with van der Waals surface area (Å²) in [5, 5.41) is 0. The number of rotatable bonds is 3. The average molecular weight is 208 g/mol. The Labute approximate surface area is 91.1 Å². The van der Waals surface area contributed by atoms with Crippen LogP contribution in [0.25, 0.3) is 0 Å². The second kappa shape index (κ2) is 4.33. The van der Waals surface area contributed by atoms with Gasteiger partial charge in [-0.15, -0.1) is 0 Å². The Kier molecular flexibility index (Phi) is 3.07. The van der Waals surface area contributed by atoms with Crippen LogP contribution in [0, 0.1) is 0 Å². The molecule has 0 radical (unpaired) electrons. The third kappa shape index (κ3) is 2.06. The van der Waals surface area contributed by atoms with Gasteiger partial charge in [0.05, 0.1) is 12.0 Å². The van der Waals surface area contributed by atoms with Gasteiger partial charge in [0.25, 0.3) is 0 Å². The van der Waals surface area contributed by atoms with Crippen LogP contribution in [0.4, 0.5) is 0 Å². The zero-order chi connectivity index (χ0) is 10.8. The molecule has 0 spiro atoms. The van der Waals surface area contributed by atoms with Crippen molar-refractivity contribution >= 4 is 0 Å². The minimum Gasteiger partial charge on any atom is -0.329 e. The summed E-state index contributed by atoms with van der Waals surface area (Å²) >= 11 is 0. The van der Waals surface area contributed by atoms with Gasteiger partial charge in [0, 0.05) is 24.8 Å². The number of imidazole rings is 1. The summed E-state index contributed by atoms with van der Waals surface area (Å²) in [6.45, 7) is 4.40. The summed E-state index contributed by atoms with van der Waals surface area (Å²) in [6, 6.07) is 0.684. The number of likely N-dealkylation sites (N-methyl/N-ethyl adjacent to an activating group) is 1. The Balaban J connectivity index is 2.17. The fourth-order valence-electron chi connectivity index (χ4n) is 2.26. The molecule has 4 nitrogen and oxygen atoms in total. The Morgan fingerprint density at radius 1 is 1.67 bits per heavy atom. The number of hydrogen-bond acceptors (Lipinski definition) is 3. The van der Waals surface area contributed by atoms with Crippen LogP contribution in [-0.2, 0) is 0 Å². The van der Waals surface area contributed by atoms with Gasteiger partial charge in [-0.3, -0.25) is 0 Å². The third-order valence-electron chi connectivity index (χ3n) is 3.28. The van der Waals surface area contributed by atoms with Gasteiger partial charge in [-0.1, -0.05) is 6.92 Å². The van der Waals surface area contributed by atoms with E-state index in [4.69, 9.17) is 5.73 Å². The van der Waals surface area contributed by atoms with Crippen LogP contribution in [0.2, 0.25) is 0 Å². The Bertz CT molecular complexity index is 320. The topological polar surface area (TPSA) is 47.1 Å². The molecule has 0 bridgehead atoms. The largest absolute Gasteiger partial charge is 0.329 e. The van der Waals surface area contributed by atoms with E-state index in [1.807, 2.05) is 12.5 Å². The number of likely N-dealkylation sites (tertiary alicyclic amines) is 1. The van der Waals surface area contributed by atoms with E-state index in [1.54, 1.807) is 0 Å². The normalized spacial score (nSPS) is 24.6. The lowest BCUT2D eigenvalue weighted by molar-refractivity contribution is 0.387. The summed E-state index contributed by atoms with van der Waals surface area (Å²) in [7, 11) is 2.16. The second-order valence-corrected chi connectivity index (χ2v) is 4.45. The van der Waals surface area contributed by atoms with Crippen molar-refractivity contribution in [2.24, 2.45) is 5.73 Å². The van der Waals surface area contributed by atoms with Crippen molar-refractivity contribution in [3.63, 3.8) is 0 Å². The summed E-state index contributed by atoms with van der Waals surface area (Å²) in [5.41, 5.74) is 7.25. The molecule has 1 aromatic rings. The Morgan fingerprint density at radius 2 is 2.47 bits per heavy atom. The van der Waals surface area contributed by atoms with Crippen molar-refractivity contribution < 1.29 is 0 Å².